The van der Waals surface area contributed by atoms with E-state index in [9.17, 15) is 44.4 Å². The predicted octanol–water partition coefficient (Wildman–Crippen LogP) is 15.4. The number of ether oxygens (including phenoxy) is 6. The molecule has 8 N–H and O–H groups in total. The Morgan fingerprint density at radius 3 is 1.28 bits per heavy atom. The van der Waals surface area contributed by atoms with Gasteiger partial charge in [-0.2, -0.15) is 0 Å². The van der Waals surface area contributed by atoms with Gasteiger partial charge >= 0.3 is 13.8 Å². The minimum Gasteiger partial charge on any atom is -0.479 e. The number of carboxylic acid groups (broad SMARTS) is 1. The summed E-state index contributed by atoms with van der Waals surface area (Å²) < 4.78 is 54.8. The van der Waals surface area contributed by atoms with Crippen LogP contribution in [0.2, 0.25) is 0 Å². The molecule has 2 aliphatic heterocycles. The van der Waals surface area contributed by atoms with Crippen LogP contribution in [0, 0.1) is 0 Å². The summed E-state index contributed by atoms with van der Waals surface area (Å²) in [6.07, 6.45) is 41.0. The average Bonchev–Trinajstić information content (AvgIpc) is 2.27. The summed E-state index contributed by atoms with van der Waals surface area (Å²) in [6, 6.07) is -2.19. The van der Waals surface area contributed by atoms with Gasteiger partial charge in [0.05, 0.1) is 31.0 Å². The molecule has 19 heteroatoms. The number of aliphatic hydroxyl groups excluding tert-OH is 3. The lowest BCUT2D eigenvalue weighted by Crippen LogP contribution is -2.67. The second-order valence-electron chi connectivity index (χ2n) is 26.8. The van der Waals surface area contributed by atoms with Gasteiger partial charge in [-0.1, -0.05) is 271 Å². The molecule has 0 aliphatic carbocycles. The standard InChI is InChI=1S/C71H139N2O16P/c1-6-9-12-15-18-21-22-25-30-35-40-45-53-83-54-46-41-36-31-26-23-24-27-32-37-42-47-55-84-68-64(73-59(5)74)71(87-58(4)66(68)89-90(80,81)82)86-57-62-65(77)67(85-56-51-61(76)49-44-39-34-29-20-17-14-11-8-3)63(69(88-62)70(78)79)72-52-50-60(75)48-43-38-33-28-19-16-13-10-7-2/h58,60-69,71-72,75-77H,6-57H2,1-5H3,(H,73,74)(H,78,79)(H2,80,81,82)/t58-,60?,61?,62-,63-,64-,65-,66-,67-,68-,69+,71-/m1/s1. The summed E-state index contributed by atoms with van der Waals surface area (Å²) in [5, 5.41) is 50.7. The second kappa shape index (κ2) is 56.8. The van der Waals surface area contributed by atoms with E-state index in [1.54, 1.807) is 6.92 Å². The van der Waals surface area contributed by atoms with Crippen LogP contribution in [0.25, 0.3) is 0 Å². The third kappa shape index (κ3) is 43.7. The van der Waals surface area contributed by atoms with Crippen molar-refractivity contribution in [3.05, 3.63) is 0 Å². The van der Waals surface area contributed by atoms with Crippen molar-refractivity contribution in [2.75, 3.05) is 39.6 Å². The molecule has 2 saturated heterocycles. The number of aliphatic carboxylic acids is 1. The van der Waals surface area contributed by atoms with E-state index in [2.05, 4.69) is 31.4 Å². The molecule has 0 saturated carbocycles. The molecule has 2 heterocycles. The van der Waals surface area contributed by atoms with Crippen molar-refractivity contribution in [1.29, 1.82) is 0 Å². The zero-order chi connectivity index (χ0) is 65.7. The number of nitrogens with one attached hydrogen (secondary N) is 2. The number of carbonyl (C=O) groups is 2. The SMILES string of the molecule is CCCCCCCCCCCCCCOCCCCCCCCCCCCCCO[C@@H]1[C@@H](NC(C)=O)[C@H](OC[C@H]2O[C@H](C(=O)O)[C@H](NCCC(O)CCCCCCCCCCC)[C@@H](OCCC(O)CCCCCCCCCCC)[C@@H]2O)O[C@H](C)[C@H]1OP(=O)(O)O. The van der Waals surface area contributed by atoms with E-state index in [1.807, 2.05) is 0 Å². The first-order chi connectivity index (χ1) is 43.6. The average molecular weight is 1310 g/mol. The largest absolute Gasteiger partial charge is 0.479 e. The smallest absolute Gasteiger partial charge is 0.470 e. The number of amides is 1. The summed E-state index contributed by atoms with van der Waals surface area (Å²) in [5.74, 6) is -1.80. The zero-order valence-electron chi connectivity index (χ0n) is 57.9. The van der Waals surface area contributed by atoms with Crippen molar-refractivity contribution >= 4 is 19.7 Å². The lowest BCUT2D eigenvalue weighted by atomic mass is 9.92. The Kier molecular flexibility index (Phi) is 53.5. The lowest BCUT2D eigenvalue weighted by molar-refractivity contribution is -0.282. The minimum atomic E-state index is -5.08. The topological polar surface area (TPSA) is 261 Å². The number of phosphoric acid groups is 1. The molecule has 534 valence electrons. The summed E-state index contributed by atoms with van der Waals surface area (Å²) in [6.45, 7) is 11.3. The van der Waals surface area contributed by atoms with Gasteiger partial charge in [0, 0.05) is 33.4 Å². The van der Waals surface area contributed by atoms with Crippen molar-refractivity contribution in [1.82, 2.24) is 10.6 Å². The van der Waals surface area contributed by atoms with Crippen LogP contribution >= 0.6 is 7.82 Å². The number of phosphoric ester groups is 1. The number of hydrogen-bond acceptors (Lipinski definition) is 14. The van der Waals surface area contributed by atoms with E-state index in [-0.39, 0.29) is 26.2 Å². The number of unbranched alkanes of at least 4 members (excludes halogenated alkanes) is 38. The normalized spacial score (nSPS) is 22.9. The van der Waals surface area contributed by atoms with Gasteiger partial charge in [0.1, 0.15) is 36.6 Å². The van der Waals surface area contributed by atoms with Gasteiger partial charge in [-0.25, -0.2) is 9.36 Å². The minimum absolute atomic E-state index is 0.0319. The van der Waals surface area contributed by atoms with Crippen molar-refractivity contribution in [3.63, 3.8) is 0 Å². The van der Waals surface area contributed by atoms with E-state index in [4.69, 9.17) is 32.9 Å². The van der Waals surface area contributed by atoms with Crippen LogP contribution in [0.15, 0.2) is 0 Å². The number of aliphatic hydroxyl groups is 3. The number of hydrogen-bond donors (Lipinski definition) is 8. The molecule has 0 aromatic carbocycles. The highest BCUT2D eigenvalue weighted by Gasteiger charge is 2.52. The molecule has 90 heavy (non-hydrogen) atoms. The van der Waals surface area contributed by atoms with E-state index in [0.717, 1.165) is 83.8 Å². The van der Waals surface area contributed by atoms with Crippen molar-refractivity contribution in [2.45, 2.75) is 403 Å². The molecule has 0 radical (unpaired) electrons. The molecule has 2 fully saturated rings. The highest BCUT2D eigenvalue weighted by Crippen LogP contribution is 2.42. The van der Waals surface area contributed by atoms with Crippen molar-refractivity contribution in [3.8, 4) is 0 Å². The van der Waals surface area contributed by atoms with Crippen molar-refractivity contribution in [2.24, 2.45) is 0 Å². The molecule has 0 bridgehead atoms. The first kappa shape index (κ1) is 84.7. The molecule has 12 atom stereocenters. The van der Waals surface area contributed by atoms with E-state index in [1.165, 1.54) is 200 Å². The molecule has 18 nitrogen and oxygen atoms in total. The van der Waals surface area contributed by atoms with Gasteiger partial charge in [-0.05, 0) is 58.4 Å². The molecule has 1 amide bonds. The van der Waals surface area contributed by atoms with Crippen LogP contribution in [0.1, 0.15) is 330 Å². The molecule has 2 aliphatic rings. The maximum atomic E-state index is 13.1. The first-order valence-corrected chi connectivity index (χ1v) is 38.9. The molecule has 2 unspecified atom stereocenters. The van der Waals surface area contributed by atoms with Gasteiger partial charge in [0.2, 0.25) is 5.91 Å². The molecular weight excluding hydrogens is 1170 g/mol. The Labute approximate surface area is 548 Å². The fourth-order valence-corrected chi connectivity index (χ4v) is 13.4. The monoisotopic (exact) mass is 1310 g/mol. The molecule has 2 rings (SSSR count). The first-order valence-electron chi connectivity index (χ1n) is 37.4. The van der Waals surface area contributed by atoms with Crippen LogP contribution in [-0.4, -0.2) is 155 Å². The maximum Gasteiger partial charge on any atom is 0.470 e. The quantitative estimate of drug-likeness (QED) is 0.0208. The fourth-order valence-electron chi connectivity index (χ4n) is 12.8. The maximum absolute atomic E-state index is 13.1. The van der Waals surface area contributed by atoms with E-state index >= 15 is 0 Å². The lowest BCUT2D eigenvalue weighted by Gasteiger charge is -2.46. The number of carboxylic acids is 1. The van der Waals surface area contributed by atoms with Gasteiger partial charge in [0.15, 0.2) is 12.4 Å². The Balaban J connectivity index is 1.93. The zero-order valence-corrected chi connectivity index (χ0v) is 58.8. The van der Waals surface area contributed by atoms with Crippen LogP contribution in [0.4, 0.5) is 0 Å². The molecule has 0 aromatic rings. The summed E-state index contributed by atoms with van der Waals surface area (Å²) in [5.41, 5.74) is 0. The van der Waals surface area contributed by atoms with Crippen LogP contribution in [-0.2, 0) is 47.1 Å². The van der Waals surface area contributed by atoms with Gasteiger partial charge in [-0.3, -0.25) is 9.32 Å². The summed E-state index contributed by atoms with van der Waals surface area (Å²) in [4.78, 5) is 45.9. The van der Waals surface area contributed by atoms with Crippen molar-refractivity contribution < 1.29 is 77.3 Å². The van der Waals surface area contributed by atoms with E-state index < -0.39 is 99.6 Å². The predicted molar refractivity (Wildman–Crippen MR) is 361 cm³/mol. The van der Waals surface area contributed by atoms with Crippen LogP contribution in [0.3, 0.4) is 0 Å². The Morgan fingerprint density at radius 1 is 0.478 bits per heavy atom. The van der Waals surface area contributed by atoms with E-state index in [0.29, 0.717) is 25.7 Å². The van der Waals surface area contributed by atoms with Gasteiger partial charge in [-0.15, -0.1) is 0 Å². The van der Waals surface area contributed by atoms with Crippen LogP contribution < -0.4 is 10.6 Å². The Hall–Kier alpha value is -1.35. The van der Waals surface area contributed by atoms with Crippen LogP contribution in [0.5, 0.6) is 0 Å². The van der Waals surface area contributed by atoms with Gasteiger partial charge in [0.25, 0.3) is 0 Å². The molecular formula is C71H139N2O16P. The van der Waals surface area contributed by atoms with Gasteiger partial charge < -0.3 is 69.3 Å². The highest BCUT2D eigenvalue weighted by atomic mass is 31.2. The fraction of sp³-hybridized carbons (Fsp3) is 0.972. The number of carbonyl (C=O) groups excluding carboxylic acids is 1. The summed E-state index contributed by atoms with van der Waals surface area (Å²) in [7, 11) is -5.08. The Bertz CT molecular complexity index is 1700. The Morgan fingerprint density at radius 2 is 0.867 bits per heavy atom. The summed E-state index contributed by atoms with van der Waals surface area (Å²) >= 11 is 0. The second-order valence-corrected chi connectivity index (χ2v) is 28.0. The molecule has 0 aromatic heterocycles. The highest BCUT2D eigenvalue weighted by molar-refractivity contribution is 7.46. The molecule has 0 spiro atoms. The number of rotatable bonds is 64. The third-order valence-corrected chi connectivity index (χ3v) is 18.9. The third-order valence-electron chi connectivity index (χ3n) is 18.3.